The molecular weight excluding hydrogens is 218 g/mol. The Morgan fingerprint density at radius 1 is 1.41 bits per heavy atom. The number of nitrogens with zero attached hydrogens (tertiary/aromatic N) is 1. The van der Waals surface area contributed by atoms with Gasteiger partial charge in [0.1, 0.15) is 0 Å². The van der Waals surface area contributed by atoms with Gasteiger partial charge in [0.05, 0.1) is 12.2 Å². The Balaban J connectivity index is 1.86. The highest BCUT2D eigenvalue weighted by molar-refractivity contribution is 5.87. The molecule has 4 nitrogen and oxygen atoms in total. The molecule has 0 aliphatic carbocycles. The number of hydrogen-bond acceptors (Lipinski definition) is 3. The number of carboxylic acids is 1. The molecule has 1 heterocycles. The molecule has 0 unspecified atom stereocenters. The summed E-state index contributed by atoms with van der Waals surface area (Å²) < 4.78 is 5.02. The summed E-state index contributed by atoms with van der Waals surface area (Å²) in [5, 5.41) is 8.80. The lowest BCUT2D eigenvalue weighted by Gasteiger charge is -2.39. The molecule has 17 heavy (non-hydrogen) atoms. The Morgan fingerprint density at radius 2 is 2.06 bits per heavy atom. The molecule has 92 valence electrons. The molecular formula is C13H17NO3. The molecule has 0 bridgehead atoms. The largest absolute Gasteiger partial charge is 0.478 e. The Kier molecular flexibility index (Phi) is 3.76. The van der Waals surface area contributed by atoms with E-state index in [0.29, 0.717) is 11.5 Å². The minimum Gasteiger partial charge on any atom is -0.478 e. The van der Waals surface area contributed by atoms with Gasteiger partial charge < -0.3 is 9.84 Å². The van der Waals surface area contributed by atoms with Gasteiger partial charge in [-0.05, 0) is 17.7 Å². The van der Waals surface area contributed by atoms with Crippen molar-refractivity contribution >= 4 is 5.97 Å². The van der Waals surface area contributed by atoms with Crippen molar-refractivity contribution in [2.24, 2.45) is 0 Å². The van der Waals surface area contributed by atoms with Gasteiger partial charge in [0.2, 0.25) is 0 Å². The van der Waals surface area contributed by atoms with Crippen LogP contribution in [0.15, 0.2) is 24.3 Å². The number of likely N-dealkylation sites (tertiary alicyclic amines) is 1. The zero-order chi connectivity index (χ0) is 12.3. The Bertz CT molecular complexity index is 382. The van der Waals surface area contributed by atoms with E-state index < -0.39 is 5.97 Å². The first-order valence-electron chi connectivity index (χ1n) is 5.75. The van der Waals surface area contributed by atoms with Crippen LogP contribution in [0.5, 0.6) is 0 Å². The first kappa shape index (κ1) is 12.1. The van der Waals surface area contributed by atoms with Crippen molar-refractivity contribution in [3.8, 4) is 0 Å². The molecule has 1 aromatic rings. The lowest BCUT2D eigenvalue weighted by Crippen LogP contribution is -2.46. The lowest BCUT2D eigenvalue weighted by molar-refractivity contribution is 0.0696. The molecule has 1 aliphatic heterocycles. The van der Waals surface area contributed by atoms with Crippen LogP contribution in [0, 0.1) is 0 Å². The SMILES string of the molecule is COCCN1CC(c2ccc(C(=O)O)cc2)C1. The minimum absolute atomic E-state index is 0.351. The van der Waals surface area contributed by atoms with Crippen molar-refractivity contribution in [3.63, 3.8) is 0 Å². The van der Waals surface area contributed by atoms with Gasteiger partial charge in [-0.3, -0.25) is 4.90 Å². The summed E-state index contributed by atoms with van der Waals surface area (Å²) in [7, 11) is 1.71. The third-order valence-corrected chi connectivity index (χ3v) is 3.20. The summed E-state index contributed by atoms with van der Waals surface area (Å²) >= 11 is 0. The van der Waals surface area contributed by atoms with Gasteiger partial charge in [-0.25, -0.2) is 4.79 Å². The van der Waals surface area contributed by atoms with E-state index >= 15 is 0 Å². The molecule has 1 fully saturated rings. The topological polar surface area (TPSA) is 49.8 Å². The van der Waals surface area contributed by atoms with Crippen LogP contribution >= 0.6 is 0 Å². The summed E-state index contributed by atoms with van der Waals surface area (Å²) in [6, 6.07) is 7.19. The van der Waals surface area contributed by atoms with E-state index in [-0.39, 0.29) is 0 Å². The van der Waals surface area contributed by atoms with E-state index in [2.05, 4.69) is 4.90 Å². The quantitative estimate of drug-likeness (QED) is 0.838. The summed E-state index contributed by atoms with van der Waals surface area (Å²) in [5.41, 5.74) is 1.58. The second kappa shape index (κ2) is 5.29. The Morgan fingerprint density at radius 3 is 2.59 bits per heavy atom. The molecule has 1 saturated heterocycles. The van der Waals surface area contributed by atoms with Gasteiger partial charge in [0.15, 0.2) is 0 Å². The van der Waals surface area contributed by atoms with Crippen LogP contribution < -0.4 is 0 Å². The predicted octanol–water partition coefficient (Wildman–Crippen LogP) is 1.43. The van der Waals surface area contributed by atoms with Crippen LogP contribution in [0.3, 0.4) is 0 Å². The standard InChI is InChI=1S/C13H17NO3/c1-17-7-6-14-8-12(9-14)10-2-4-11(5-3-10)13(15)16/h2-5,12H,6-9H2,1H3,(H,15,16). The first-order valence-corrected chi connectivity index (χ1v) is 5.75. The van der Waals surface area contributed by atoms with E-state index in [1.807, 2.05) is 12.1 Å². The zero-order valence-corrected chi connectivity index (χ0v) is 9.93. The van der Waals surface area contributed by atoms with E-state index in [9.17, 15) is 4.79 Å². The fourth-order valence-electron chi connectivity index (χ4n) is 2.08. The smallest absolute Gasteiger partial charge is 0.335 e. The van der Waals surface area contributed by atoms with Crippen molar-refractivity contribution in [2.75, 3.05) is 33.4 Å². The predicted molar refractivity (Wildman–Crippen MR) is 64.5 cm³/mol. The van der Waals surface area contributed by atoms with E-state index in [4.69, 9.17) is 9.84 Å². The van der Waals surface area contributed by atoms with Gasteiger partial charge in [-0.1, -0.05) is 12.1 Å². The maximum Gasteiger partial charge on any atom is 0.335 e. The second-order valence-corrected chi connectivity index (χ2v) is 4.38. The minimum atomic E-state index is -0.869. The number of hydrogen-bond donors (Lipinski definition) is 1. The number of carbonyl (C=O) groups is 1. The third kappa shape index (κ3) is 2.84. The van der Waals surface area contributed by atoms with E-state index in [1.165, 1.54) is 5.56 Å². The van der Waals surface area contributed by atoms with Crippen LogP contribution in [0.1, 0.15) is 21.8 Å². The van der Waals surface area contributed by atoms with Crippen LogP contribution in [-0.2, 0) is 4.74 Å². The summed E-state index contributed by atoms with van der Waals surface area (Å²) in [4.78, 5) is 13.0. The maximum atomic E-state index is 10.7. The average molecular weight is 235 g/mol. The highest BCUT2D eigenvalue weighted by atomic mass is 16.5. The van der Waals surface area contributed by atoms with Crippen molar-refractivity contribution < 1.29 is 14.6 Å². The van der Waals surface area contributed by atoms with Crippen LogP contribution in [0.25, 0.3) is 0 Å². The first-order chi connectivity index (χ1) is 8.20. The molecule has 4 heteroatoms. The molecule has 0 radical (unpaired) electrons. The summed E-state index contributed by atoms with van der Waals surface area (Å²) in [5.74, 6) is -0.332. The molecule has 0 saturated carbocycles. The van der Waals surface area contributed by atoms with Crippen LogP contribution in [-0.4, -0.2) is 49.3 Å². The molecule has 1 N–H and O–H groups in total. The fraction of sp³-hybridized carbons (Fsp3) is 0.462. The monoisotopic (exact) mass is 235 g/mol. The number of carboxylic acid groups (broad SMARTS) is 1. The van der Waals surface area contributed by atoms with Gasteiger partial charge in [-0.2, -0.15) is 0 Å². The van der Waals surface area contributed by atoms with Crippen LogP contribution in [0.2, 0.25) is 0 Å². The number of methoxy groups -OCH3 is 1. The van der Waals surface area contributed by atoms with E-state index in [1.54, 1.807) is 19.2 Å². The van der Waals surface area contributed by atoms with E-state index in [0.717, 1.165) is 26.2 Å². The molecule has 0 atom stereocenters. The lowest BCUT2D eigenvalue weighted by atomic mass is 9.91. The molecule has 0 amide bonds. The summed E-state index contributed by atoms with van der Waals surface area (Å²) in [6.45, 7) is 3.82. The summed E-state index contributed by atoms with van der Waals surface area (Å²) in [6.07, 6.45) is 0. The number of rotatable bonds is 5. The fourth-order valence-corrected chi connectivity index (χ4v) is 2.08. The Hall–Kier alpha value is -1.39. The number of ether oxygens (including phenoxy) is 1. The maximum absolute atomic E-state index is 10.7. The molecule has 0 aromatic heterocycles. The number of aromatic carboxylic acids is 1. The highest BCUT2D eigenvalue weighted by Gasteiger charge is 2.27. The van der Waals surface area contributed by atoms with Gasteiger partial charge in [-0.15, -0.1) is 0 Å². The molecule has 1 aromatic carbocycles. The molecule has 0 spiro atoms. The van der Waals surface area contributed by atoms with Crippen molar-refractivity contribution in [3.05, 3.63) is 35.4 Å². The number of benzene rings is 1. The third-order valence-electron chi connectivity index (χ3n) is 3.20. The van der Waals surface area contributed by atoms with Gasteiger partial charge in [0, 0.05) is 32.7 Å². The van der Waals surface area contributed by atoms with Gasteiger partial charge in [0.25, 0.3) is 0 Å². The van der Waals surface area contributed by atoms with Crippen LogP contribution in [0.4, 0.5) is 0 Å². The molecule has 2 rings (SSSR count). The second-order valence-electron chi connectivity index (χ2n) is 4.38. The normalized spacial score (nSPS) is 16.8. The average Bonchev–Trinajstić information content (AvgIpc) is 2.28. The van der Waals surface area contributed by atoms with Gasteiger partial charge >= 0.3 is 5.97 Å². The van der Waals surface area contributed by atoms with Crippen molar-refractivity contribution in [1.29, 1.82) is 0 Å². The highest BCUT2D eigenvalue weighted by Crippen LogP contribution is 2.26. The zero-order valence-electron chi connectivity index (χ0n) is 9.93. The van der Waals surface area contributed by atoms with Crippen molar-refractivity contribution in [2.45, 2.75) is 5.92 Å². The Labute approximate surface area is 101 Å². The molecule has 1 aliphatic rings. The van der Waals surface area contributed by atoms with Crippen molar-refractivity contribution in [1.82, 2.24) is 4.90 Å².